The van der Waals surface area contributed by atoms with Gasteiger partial charge in [0.15, 0.2) is 5.17 Å². The van der Waals surface area contributed by atoms with E-state index in [0.29, 0.717) is 11.5 Å². The summed E-state index contributed by atoms with van der Waals surface area (Å²) >= 11 is 1.87. The molecule has 1 N–H and O–H groups in total. The van der Waals surface area contributed by atoms with E-state index in [9.17, 15) is 0 Å². The predicted molar refractivity (Wildman–Crippen MR) is 63.9 cm³/mol. The number of nitrogens with one attached hydrogen (secondary N) is 1. The summed E-state index contributed by atoms with van der Waals surface area (Å²) in [7, 11) is 0. The maximum Gasteiger partial charge on any atom is 0.156 e. The summed E-state index contributed by atoms with van der Waals surface area (Å²) in [4.78, 5) is 4.70. The number of amidine groups is 1. The SMILES string of the molecule is CC1CSC(=NCC2(C(C)C)CC2)N1. The quantitative estimate of drug-likeness (QED) is 0.777. The zero-order valence-corrected chi connectivity index (χ0v) is 10.2. The standard InChI is InChI=1S/C11H20N2S/c1-8(2)11(4-5-11)7-12-10-13-9(3)6-14-10/h8-9H,4-7H2,1-3H3,(H,12,13). The molecular formula is C11H20N2S. The van der Waals surface area contributed by atoms with Crippen molar-refractivity contribution in [1.82, 2.24) is 5.32 Å². The Morgan fingerprint density at radius 3 is 2.71 bits per heavy atom. The lowest BCUT2D eigenvalue weighted by molar-refractivity contribution is 0.371. The Bertz CT molecular complexity index is 244. The van der Waals surface area contributed by atoms with Crippen LogP contribution in [-0.4, -0.2) is 23.5 Å². The van der Waals surface area contributed by atoms with Gasteiger partial charge in [-0.25, -0.2) is 0 Å². The van der Waals surface area contributed by atoms with E-state index in [1.54, 1.807) is 0 Å². The normalized spacial score (nSPS) is 32.3. The molecule has 1 saturated carbocycles. The van der Waals surface area contributed by atoms with Crippen LogP contribution in [0.2, 0.25) is 0 Å². The van der Waals surface area contributed by atoms with Crippen molar-refractivity contribution in [3.05, 3.63) is 0 Å². The third-order valence-electron chi connectivity index (χ3n) is 3.49. The largest absolute Gasteiger partial charge is 0.362 e. The van der Waals surface area contributed by atoms with E-state index >= 15 is 0 Å². The van der Waals surface area contributed by atoms with Crippen LogP contribution in [0, 0.1) is 11.3 Å². The van der Waals surface area contributed by atoms with Crippen LogP contribution in [0.3, 0.4) is 0 Å². The smallest absolute Gasteiger partial charge is 0.156 e. The van der Waals surface area contributed by atoms with Crippen molar-refractivity contribution < 1.29 is 0 Å². The van der Waals surface area contributed by atoms with E-state index in [1.807, 2.05) is 11.8 Å². The van der Waals surface area contributed by atoms with E-state index < -0.39 is 0 Å². The van der Waals surface area contributed by atoms with Crippen LogP contribution >= 0.6 is 11.8 Å². The first-order valence-electron chi connectivity index (χ1n) is 5.56. The predicted octanol–water partition coefficient (Wildman–Crippen LogP) is 2.50. The Morgan fingerprint density at radius 1 is 1.57 bits per heavy atom. The van der Waals surface area contributed by atoms with Crippen LogP contribution in [-0.2, 0) is 0 Å². The van der Waals surface area contributed by atoms with Gasteiger partial charge in [-0.3, -0.25) is 4.99 Å². The topological polar surface area (TPSA) is 24.4 Å². The second-order valence-corrected chi connectivity index (χ2v) is 6.00. The molecule has 1 saturated heterocycles. The molecule has 1 atom stereocenters. The Balaban J connectivity index is 1.87. The fraction of sp³-hybridized carbons (Fsp3) is 0.909. The summed E-state index contributed by atoms with van der Waals surface area (Å²) in [6.45, 7) is 7.90. The Morgan fingerprint density at radius 2 is 2.29 bits per heavy atom. The fourth-order valence-corrected chi connectivity index (χ4v) is 2.83. The maximum atomic E-state index is 4.70. The molecule has 0 aromatic heterocycles. The number of rotatable bonds is 3. The summed E-state index contributed by atoms with van der Waals surface area (Å²) in [5, 5.41) is 4.58. The van der Waals surface area contributed by atoms with Crippen molar-refractivity contribution in [3.8, 4) is 0 Å². The van der Waals surface area contributed by atoms with Gasteiger partial charge in [0, 0.05) is 18.3 Å². The number of aliphatic imine (C=N–C) groups is 1. The van der Waals surface area contributed by atoms with Crippen LogP contribution < -0.4 is 5.32 Å². The Labute approximate surface area is 90.9 Å². The van der Waals surface area contributed by atoms with Gasteiger partial charge >= 0.3 is 0 Å². The third-order valence-corrected chi connectivity index (χ3v) is 4.68. The Kier molecular flexibility index (Phi) is 2.78. The minimum atomic E-state index is 0.557. The third kappa shape index (κ3) is 2.08. The highest BCUT2D eigenvalue weighted by Gasteiger charge is 2.45. The minimum Gasteiger partial charge on any atom is -0.362 e. The molecule has 0 aromatic carbocycles. The van der Waals surface area contributed by atoms with Crippen molar-refractivity contribution >= 4 is 16.9 Å². The van der Waals surface area contributed by atoms with Gasteiger partial charge in [-0.1, -0.05) is 25.6 Å². The number of hydrogen-bond acceptors (Lipinski definition) is 2. The van der Waals surface area contributed by atoms with Crippen molar-refractivity contribution in [3.63, 3.8) is 0 Å². The zero-order valence-electron chi connectivity index (χ0n) is 9.34. The first kappa shape index (κ1) is 10.3. The second kappa shape index (κ2) is 3.76. The summed E-state index contributed by atoms with van der Waals surface area (Å²) in [6.07, 6.45) is 2.75. The van der Waals surface area contributed by atoms with Gasteiger partial charge in [-0.15, -0.1) is 0 Å². The molecule has 1 aliphatic carbocycles. The van der Waals surface area contributed by atoms with Crippen LogP contribution in [0.15, 0.2) is 4.99 Å². The first-order valence-corrected chi connectivity index (χ1v) is 6.55. The van der Waals surface area contributed by atoms with Gasteiger partial charge in [0.05, 0.1) is 0 Å². The summed E-state index contributed by atoms with van der Waals surface area (Å²) in [5.41, 5.74) is 0.557. The number of nitrogens with zero attached hydrogens (tertiary/aromatic N) is 1. The highest BCUT2D eigenvalue weighted by Crippen LogP contribution is 2.52. The van der Waals surface area contributed by atoms with Gasteiger partial charge in [0.25, 0.3) is 0 Å². The Hall–Kier alpha value is -0.180. The lowest BCUT2D eigenvalue weighted by Gasteiger charge is -2.16. The summed E-state index contributed by atoms with van der Waals surface area (Å²) in [5.74, 6) is 1.96. The van der Waals surface area contributed by atoms with Gasteiger partial charge < -0.3 is 5.32 Å². The molecule has 0 bridgehead atoms. The lowest BCUT2D eigenvalue weighted by atomic mass is 9.93. The molecule has 1 unspecified atom stereocenters. The highest BCUT2D eigenvalue weighted by atomic mass is 32.2. The van der Waals surface area contributed by atoms with Crippen molar-refractivity contribution in [2.24, 2.45) is 16.3 Å². The molecule has 2 fully saturated rings. The fourth-order valence-electron chi connectivity index (χ4n) is 1.90. The van der Waals surface area contributed by atoms with E-state index in [2.05, 4.69) is 26.1 Å². The average molecular weight is 212 g/mol. The van der Waals surface area contributed by atoms with Gasteiger partial charge in [-0.05, 0) is 31.1 Å². The maximum absolute atomic E-state index is 4.70. The van der Waals surface area contributed by atoms with Crippen LogP contribution in [0.25, 0.3) is 0 Å². The van der Waals surface area contributed by atoms with E-state index in [4.69, 9.17) is 4.99 Å². The molecule has 0 amide bonds. The van der Waals surface area contributed by atoms with E-state index in [0.717, 1.165) is 12.5 Å². The molecule has 1 heterocycles. The molecule has 3 heteroatoms. The lowest BCUT2D eigenvalue weighted by Crippen LogP contribution is -2.24. The molecule has 2 nitrogen and oxygen atoms in total. The van der Waals surface area contributed by atoms with E-state index in [-0.39, 0.29) is 0 Å². The van der Waals surface area contributed by atoms with Gasteiger partial charge in [-0.2, -0.15) is 0 Å². The van der Waals surface area contributed by atoms with Gasteiger partial charge in [0.1, 0.15) is 0 Å². The molecule has 0 aromatic rings. The van der Waals surface area contributed by atoms with Crippen LogP contribution in [0.4, 0.5) is 0 Å². The summed E-state index contributed by atoms with van der Waals surface area (Å²) < 4.78 is 0. The number of hydrogen-bond donors (Lipinski definition) is 1. The van der Waals surface area contributed by atoms with Crippen molar-refractivity contribution in [2.75, 3.05) is 12.3 Å². The first-order chi connectivity index (χ1) is 6.62. The molecule has 0 radical (unpaired) electrons. The molecule has 2 rings (SSSR count). The molecule has 80 valence electrons. The van der Waals surface area contributed by atoms with Gasteiger partial charge in [0.2, 0.25) is 0 Å². The van der Waals surface area contributed by atoms with Crippen molar-refractivity contribution in [2.45, 2.75) is 39.7 Å². The molecule has 14 heavy (non-hydrogen) atoms. The molecule has 2 aliphatic rings. The monoisotopic (exact) mass is 212 g/mol. The van der Waals surface area contributed by atoms with Crippen LogP contribution in [0.5, 0.6) is 0 Å². The number of thioether (sulfide) groups is 1. The zero-order chi connectivity index (χ0) is 10.2. The average Bonchev–Trinajstić information content (AvgIpc) is 2.82. The van der Waals surface area contributed by atoms with Crippen LogP contribution in [0.1, 0.15) is 33.6 Å². The molecule has 0 spiro atoms. The molecular weight excluding hydrogens is 192 g/mol. The van der Waals surface area contributed by atoms with Crippen molar-refractivity contribution in [1.29, 1.82) is 0 Å². The minimum absolute atomic E-state index is 0.557. The summed E-state index contributed by atoms with van der Waals surface area (Å²) in [6, 6.07) is 0.605. The highest BCUT2D eigenvalue weighted by molar-refractivity contribution is 8.14. The molecule has 1 aliphatic heterocycles. The second-order valence-electron chi connectivity index (χ2n) is 4.99. The van der Waals surface area contributed by atoms with E-state index in [1.165, 1.54) is 23.8 Å².